The molecule has 2 heteroatoms. The molecule has 0 saturated carbocycles. The van der Waals surface area contributed by atoms with E-state index in [-0.39, 0.29) is 5.82 Å². The van der Waals surface area contributed by atoms with Gasteiger partial charge in [0.05, 0.1) is 5.02 Å². The molecule has 0 radical (unpaired) electrons. The van der Waals surface area contributed by atoms with E-state index >= 15 is 0 Å². The van der Waals surface area contributed by atoms with Gasteiger partial charge in [-0.2, -0.15) is 0 Å². The second-order valence-electron chi connectivity index (χ2n) is 2.58. The maximum atomic E-state index is 12.6. The monoisotopic (exact) mass is 184 g/mol. The molecule has 1 aromatic rings. The summed E-state index contributed by atoms with van der Waals surface area (Å²) in [6.07, 6.45) is 0.825. The molecule has 0 N–H and O–H groups in total. The van der Waals surface area contributed by atoms with Crippen LogP contribution in [0.15, 0.2) is 24.8 Å². The molecule has 0 heterocycles. The first-order valence-corrected chi connectivity index (χ1v) is 4.16. The molecular formula is C10H10ClF. The summed E-state index contributed by atoms with van der Waals surface area (Å²) in [5.74, 6) is -0.312. The van der Waals surface area contributed by atoms with E-state index in [1.807, 2.05) is 6.92 Å². The van der Waals surface area contributed by atoms with Crippen LogP contribution in [0.3, 0.4) is 0 Å². The van der Waals surface area contributed by atoms with Crippen molar-refractivity contribution in [3.05, 3.63) is 41.2 Å². The minimum absolute atomic E-state index is 0.312. The normalized spacial score (nSPS) is 9.92. The Hall–Kier alpha value is -0.820. The summed E-state index contributed by atoms with van der Waals surface area (Å²) in [5, 5.41) is 0.432. The van der Waals surface area contributed by atoms with Crippen LogP contribution in [-0.2, 0) is 0 Å². The summed E-state index contributed by atoms with van der Waals surface area (Å²) < 4.78 is 12.6. The molecule has 1 aromatic carbocycles. The molecule has 0 aromatic heterocycles. The molecule has 1 rings (SSSR count). The number of hydrogen-bond donors (Lipinski definition) is 0. The van der Waals surface area contributed by atoms with E-state index in [9.17, 15) is 4.39 Å². The number of allylic oxidation sites excluding steroid dienone is 1. The fourth-order valence-electron chi connectivity index (χ4n) is 0.967. The van der Waals surface area contributed by atoms with Gasteiger partial charge in [-0.15, -0.1) is 0 Å². The Morgan fingerprint density at radius 3 is 2.75 bits per heavy atom. The molecular weight excluding hydrogens is 175 g/mol. The molecule has 0 saturated heterocycles. The van der Waals surface area contributed by atoms with Crippen LogP contribution in [0, 0.1) is 5.82 Å². The molecule has 0 aliphatic heterocycles. The van der Waals surface area contributed by atoms with Gasteiger partial charge in [0.1, 0.15) is 5.82 Å². The van der Waals surface area contributed by atoms with Gasteiger partial charge in [0.15, 0.2) is 0 Å². The Morgan fingerprint density at radius 2 is 2.25 bits per heavy atom. The standard InChI is InChI=1S/C10H10ClF/c1-3-7(2)9-5-4-8(12)6-10(9)11/h4-6H,2-3H2,1H3. The van der Waals surface area contributed by atoms with Gasteiger partial charge in [0.2, 0.25) is 0 Å². The smallest absolute Gasteiger partial charge is 0.124 e. The van der Waals surface area contributed by atoms with Crippen LogP contribution < -0.4 is 0 Å². The van der Waals surface area contributed by atoms with E-state index in [4.69, 9.17) is 11.6 Å². The molecule has 0 spiro atoms. The van der Waals surface area contributed by atoms with E-state index in [0.29, 0.717) is 5.02 Å². The van der Waals surface area contributed by atoms with E-state index in [1.54, 1.807) is 6.07 Å². The van der Waals surface area contributed by atoms with Crippen LogP contribution in [-0.4, -0.2) is 0 Å². The summed E-state index contributed by atoms with van der Waals surface area (Å²) in [6.45, 7) is 5.82. The first-order chi connectivity index (χ1) is 5.65. The Bertz CT molecular complexity index is 305. The van der Waals surface area contributed by atoms with Crippen LogP contribution in [0.25, 0.3) is 5.57 Å². The zero-order valence-corrected chi connectivity index (χ0v) is 7.66. The summed E-state index contributed by atoms with van der Waals surface area (Å²) in [4.78, 5) is 0. The minimum Gasteiger partial charge on any atom is -0.207 e. The molecule has 0 bridgehead atoms. The summed E-state index contributed by atoms with van der Waals surface area (Å²) in [7, 11) is 0. The van der Waals surface area contributed by atoms with Crippen molar-refractivity contribution in [2.24, 2.45) is 0 Å². The lowest BCUT2D eigenvalue weighted by atomic mass is 10.1. The largest absolute Gasteiger partial charge is 0.207 e. The lowest BCUT2D eigenvalue weighted by molar-refractivity contribution is 0.628. The average molecular weight is 185 g/mol. The van der Waals surface area contributed by atoms with Gasteiger partial charge in [0.25, 0.3) is 0 Å². The summed E-state index contributed by atoms with van der Waals surface area (Å²) in [6, 6.07) is 4.35. The van der Waals surface area contributed by atoms with Crippen molar-refractivity contribution in [3.8, 4) is 0 Å². The maximum Gasteiger partial charge on any atom is 0.124 e. The summed E-state index contributed by atoms with van der Waals surface area (Å²) >= 11 is 5.80. The van der Waals surface area contributed by atoms with Crippen LogP contribution in [0.1, 0.15) is 18.9 Å². The number of rotatable bonds is 2. The fourth-order valence-corrected chi connectivity index (χ4v) is 1.27. The van der Waals surface area contributed by atoms with E-state index in [0.717, 1.165) is 17.6 Å². The number of halogens is 2. The molecule has 0 amide bonds. The third-order valence-corrected chi connectivity index (χ3v) is 2.05. The Labute approximate surface area is 76.7 Å². The molecule has 0 fully saturated rings. The fraction of sp³-hybridized carbons (Fsp3) is 0.200. The predicted octanol–water partition coefficient (Wildman–Crippen LogP) is 3.90. The second-order valence-corrected chi connectivity index (χ2v) is 2.99. The van der Waals surface area contributed by atoms with Crippen LogP contribution in [0.5, 0.6) is 0 Å². The lowest BCUT2D eigenvalue weighted by Crippen LogP contribution is -1.84. The van der Waals surface area contributed by atoms with Gasteiger partial charge < -0.3 is 0 Å². The Balaban J connectivity index is 3.09. The zero-order chi connectivity index (χ0) is 9.14. The van der Waals surface area contributed by atoms with E-state index in [1.165, 1.54) is 12.1 Å². The van der Waals surface area contributed by atoms with Gasteiger partial charge >= 0.3 is 0 Å². The van der Waals surface area contributed by atoms with Gasteiger partial charge in [-0.05, 0) is 29.7 Å². The topological polar surface area (TPSA) is 0 Å². The van der Waals surface area contributed by atoms with E-state index < -0.39 is 0 Å². The van der Waals surface area contributed by atoms with Crippen LogP contribution in [0.2, 0.25) is 5.02 Å². The Kier molecular flexibility index (Phi) is 2.88. The predicted molar refractivity (Wildman–Crippen MR) is 50.7 cm³/mol. The molecule has 0 aliphatic rings. The molecule has 0 aliphatic carbocycles. The highest BCUT2D eigenvalue weighted by molar-refractivity contribution is 6.32. The van der Waals surface area contributed by atoms with Gasteiger partial charge in [-0.3, -0.25) is 0 Å². The van der Waals surface area contributed by atoms with Gasteiger partial charge in [0, 0.05) is 0 Å². The van der Waals surface area contributed by atoms with E-state index in [2.05, 4.69) is 6.58 Å². The van der Waals surface area contributed by atoms with Crippen molar-refractivity contribution in [1.29, 1.82) is 0 Å². The highest BCUT2D eigenvalue weighted by Crippen LogP contribution is 2.25. The number of benzene rings is 1. The third kappa shape index (κ3) is 1.86. The molecule has 0 nitrogen and oxygen atoms in total. The van der Waals surface area contributed by atoms with Crippen molar-refractivity contribution in [1.82, 2.24) is 0 Å². The van der Waals surface area contributed by atoms with Gasteiger partial charge in [-0.1, -0.05) is 31.2 Å². The van der Waals surface area contributed by atoms with Gasteiger partial charge in [-0.25, -0.2) is 4.39 Å². The SMILES string of the molecule is C=C(CC)c1ccc(F)cc1Cl. The summed E-state index contributed by atoms with van der Waals surface area (Å²) in [5.41, 5.74) is 1.76. The quantitative estimate of drug-likeness (QED) is 0.654. The minimum atomic E-state index is -0.312. The van der Waals surface area contributed by atoms with Crippen molar-refractivity contribution in [3.63, 3.8) is 0 Å². The van der Waals surface area contributed by atoms with Crippen LogP contribution >= 0.6 is 11.6 Å². The average Bonchev–Trinajstić information content (AvgIpc) is 2.03. The second kappa shape index (κ2) is 3.72. The van der Waals surface area contributed by atoms with Crippen molar-refractivity contribution in [2.75, 3.05) is 0 Å². The van der Waals surface area contributed by atoms with Crippen molar-refractivity contribution >= 4 is 17.2 Å². The first kappa shape index (κ1) is 9.27. The lowest BCUT2D eigenvalue weighted by Gasteiger charge is -2.04. The zero-order valence-electron chi connectivity index (χ0n) is 6.90. The van der Waals surface area contributed by atoms with Crippen molar-refractivity contribution < 1.29 is 4.39 Å². The first-order valence-electron chi connectivity index (χ1n) is 3.78. The molecule has 64 valence electrons. The number of hydrogen-bond acceptors (Lipinski definition) is 0. The third-order valence-electron chi connectivity index (χ3n) is 1.74. The molecule has 0 unspecified atom stereocenters. The van der Waals surface area contributed by atoms with Crippen LogP contribution in [0.4, 0.5) is 4.39 Å². The maximum absolute atomic E-state index is 12.6. The molecule has 0 atom stereocenters. The molecule has 12 heavy (non-hydrogen) atoms. The highest BCUT2D eigenvalue weighted by atomic mass is 35.5. The van der Waals surface area contributed by atoms with Crippen molar-refractivity contribution in [2.45, 2.75) is 13.3 Å². The highest BCUT2D eigenvalue weighted by Gasteiger charge is 2.03. The Morgan fingerprint density at radius 1 is 1.58 bits per heavy atom.